The SMILES string of the molecule is CCCC(C)CCCOC(=O)C(C)C(C)C(=O)O. The molecule has 3 unspecified atom stereocenters. The van der Waals surface area contributed by atoms with Gasteiger partial charge in [0, 0.05) is 0 Å². The minimum Gasteiger partial charge on any atom is -0.481 e. The largest absolute Gasteiger partial charge is 0.481 e. The first-order valence-corrected chi connectivity index (χ1v) is 6.79. The normalized spacial score (nSPS) is 15.8. The van der Waals surface area contributed by atoms with Crippen LogP contribution in [0.25, 0.3) is 0 Å². The van der Waals surface area contributed by atoms with Gasteiger partial charge in [0.05, 0.1) is 18.4 Å². The Morgan fingerprint density at radius 1 is 1.11 bits per heavy atom. The maximum atomic E-state index is 11.6. The number of hydrogen-bond acceptors (Lipinski definition) is 3. The summed E-state index contributed by atoms with van der Waals surface area (Å²) in [7, 11) is 0. The van der Waals surface area contributed by atoms with Gasteiger partial charge in [-0.3, -0.25) is 9.59 Å². The van der Waals surface area contributed by atoms with Crippen LogP contribution < -0.4 is 0 Å². The van der Waals surface area contributed by atoms with Crippen LogP contribution in [-0.2, 0) is 14.3 Å². The van der Waals surface area contributed by atoms with Crippen molar-refractivity contribution in [1.82, 2.24) is 0 Å². The van der Waals surface area contributed by atoms with E-state index in [2.05, 4.69) is 13.8 Å². The number of ether oxygens (including phenoxy) is 1. The minimum absolute atomic E-state index is 0.392. The van der Waals surface area contributed by atoms with Crippen LogP contribution in [0.15, 0.2) is 0 Å². The van der Waals surface area contributed by atoms with E-state index in [9.17, 15) is 9.59 Å². The van der Waals surface area contributed by atoms with Crippen LogP contribution in [0.5, 0.6) is 0 Å². The number of esters is 1. The van der Waals surface area contributed by atoms with Crippen LogP contribution >= 0.6 is 0 Å². The predicted octanol–water partition coefficient (Wildman–Crippen LogP) is 3.10. The van der Waals surface area contributed by atoms with Gasteiger partial charge in [-0.2, -0.15) is 0 Å². The average Bonchev–Trinajstić information content (AvgIpc) is 2.32. The molecule has 0 saturated carbocycles. The summed E-state index contributed by atoms with van der Waals surface area (Å²) in [5, 5.41) is 8.80. The van der Waals surface area contributed by atoms with Gasteiger partial charge in [0.2, 0.25) is 0 Å². The fraction of sp³-hybridized carbons (Fsp3) is 0.857. The fourth-order valence-electron chi connectivity index (χ4n) is 1.79. The Balaban J connectivity index is 3.80. The molecule has 0 spiro atoms. The Morgan fingerprint density at radius 2 is 1.72 bits per heavy atom. The van der Waals surface area contributed by atoms with Crippen molar-refractivity contribution in [2.24, 2.45) is 17.8 Å². The highest BCUT2D eigenvalue weighted by atomic mass is 16.5. The van der Waals surface area contributed by atoms with Gasteiger partial charge in [-0.25, -0.2) is 0 Å². The monoisotopic (exact) mass is 258 g/mol. The molecule has 0 aromatic rings. The second-order valence-electron chi connectivity index (χ2n) is 5.12. The lowest BCUT2D eigenvalue weighted by Crippen LogP contribution is -2.27. The van der Waals surface area contributed by atoms with E-state index < -0.39 is 23.8 Å². The zero-order valence-corrected chi connectivity index (χ0v) is 11.9. The second-order valence-corrected chi connectivity index (χ2v) is 5.12. The summed E-state index contributed by atoms with van der Waals surface area (Å²) in [6.07, 6.45) is 4.26. The summed E-state index contributed by atoms with van der Waals surface area (Å²) < 4.78 is 5.10. The molecule has 0 radical (unpaired) electrons. The van der Waals surface area contributed by atoms with E-state index in [1.54, 1.807) is 6.92 Å². The van der Waals surface area contributed by atoms with Gasteiger partial charge < -0.3 is 9.84 Å². The van der Waals surface area contributed by atoms with Crippen LogP contribution in [0.2, 0.25) is 0 Å². The van der Waals surface area contributed by atoms with Crippen molar-refractivity contribution in [2.45, 2.75) is 53.4 Å². The van der Waals surface area contributed by atoms with Gasteiger partial charge in [0.1, 0.15) is 0 Å². The quantitative estimate of drug-likeness (QED) is 0.510. The van der Waals surface area contributed by atoms with Crippen LogP contribution in [0.1, 0.15) is 53.4 Å². The van der Waals surface area contributed by atoms with Crippen molar-refractivity contribution in [1.29, 1.82) is 0 Å². The van der Waals surface area contributed by atoms with Gasteiger partial charge in [-0.05, 0) is 18.8 Å². The predicted molar refractivity (Wildman–Crippen MR) is 70.2 cm³/mol. The Kier molecular flexibility index (Phi) is 8.42. The first-order chi connectivity index (χ1) is 8.40. The highest BCUT2D eigenvalue weighted by molar-refractivity contribution is 5.80. The van der Waals surface area contributed by atoms with Gasteiger partial charge >= 0.3 is 11.9 Å². The van der Waals surface area contributed by atoms with Crippen LogP contribution in [0.3, 0.4) is 0 Å². The Bertz CT molecular complexity index is 263. The first kappa shape index (κ1) is 16.9. The van der Waals surface area contributed by atoms with Crippen LogP contribution in [0, 0.1) is 17.8 Å². The van der Waals surface area contributed by atoms with E-state index in [0.717, 1.165) is 12.8 Å². The third-order valence-electron chi connectivity index (χ3n) is 3.38. The molecule has 0 aliphatic carbocycles. The zero-order chi connectivity index (χ0) is 14.1. The Morgan fingerprint density at radius 3 is 2.22 bits per heavy atom. The van der Waals surface area contributed by atoms with E-state index in [0.29, 0.717) is 12.5 Å². The van der Waals surface area contributed by atoms with E-state index in [1.807, 2.05) is 0 Å². The zero-order valence-electron chi connectivity index (χ0n) is 11.9. The Labute approximate surface area is 110 Å². The molecule has 0 aromatic carbocycles. The lowest BCUT2D eigenvalue weighted by atomic mass is 9.96. The van der Waals surface area contributed by atoms with Gasteiger partial charge in [0.15, 0.2) is 0 Å². The molecule has 0 amide bonds. The fourth-order valence-corrected chi connectivity index (χ4v) is 1.79. The maximum Gasteiger partial charge on any atom is 0.309 e. The molecular weight excluding hydrogens is 232 g/mol. The lowest BCUT2D eigenvalue weighted by Gasteiger charge is -2.15. The first-order valence-electron chi connectivity index (χ1n) is 6.79. The molecule has 0 aromatic heterocycles. The summed E-state index contributed by atoms with van der Waals surface area (Å²) >= 11 is 0. The smallest absolute Gasteiger partial charge is 0.309 e. The summed E-state index contributed by atoms with van der Waals surface area (Å²) in [5.41, 5.74) is 0. The van der Waals surface area contributed by atoms with Crippen LogP contribution in [-0.4, -0.2) is 23.7 Å². The average molecular weight is 258 g/mol. The molecule has 0 aliphatic rings. The molecule has 3 atom stereocenters. The van der Waals surface area contributed by atoms with Gasteiger partial charge in [0.25, 0.3) is 0 Å². The van der Waals surface area contributed by atoms with Gasteiger partial charge in [-0.1, -0.05) is 40.5 Å². The highest BCUT2D eigenvalue weighted by Crippen LogP contribution is 2.15. The second kappa shape index (κ2) is 8.95. The molecule has 0 heterocycles. The molecule has 4 nitrogen and oxygen atoms in total. The molecular formula is C14H26O4. The standard InChI is InChI=1S/C14H26O4/c1-5-7-10(2)8-6-9-18-14(17)12(4)11(3)13(15)16/h10-12H,5-9H2,1-4H3,(H,15,16). The third-order valence-corrected chi connectivity index (χ3v) is 3.38. The molecule has 0 saturated heterocycles. The van der Waals surface area contributed by atoms with Crippen molar-refractivity contribution < 1.29 is 19.4 Å². The number of carbonyl (C=O) groups excluding carboxylic acids is 1. The molecule has 18 heavy (non-hydrogen) atoms. The van der Waals surface area contributed by atoms with Crippen molar-refractivity contribution >= 4 is 11.9 Å². The maximum absolute atomic E-state index is 11.6. The summed E-state index contributed by atoms with van der Waals surface area (Å²) in [5.74, 6) is -2.00. The van der Waals surface area contributed by atoms with Crippen molar-refractivity contribution in [3.63, 3.8) is 0 Å². The molecule has 0 fully saturated rings. The summed E-state index contributed by atoms with van der Waals surface area (Å²) in [6, 6.07) is 0. The molecule has 0 rings (SSSR count). The van der Waals surface area contributed by atoms with E-state index >= 15 is 0 Å². The third kappa shape index (κ3) is 6.62. The van der Waals surface area contributed by atoms with E-state index in [4.69, 9.17) is 9.84 Å². The highest BCUT2D eigenvalue weighted by Gasteiger charge is 2.26. The topological polar surface area (TPSA) is 63.6 Å². The molecule has 0 aliphatic heterocycles. The number of carboxylic acids is 1. The summed E-state index contributed by atoms with van der Waals surface area (Å²) in [6.45, 7) is 7.87. The van der Waals surface area contributed by atoms with Crippen molar-refractivity contribution in [3.8, 4) is 0 Å². The molecule has 4 heteroatoms. The van der Waals surface area contributed by atoms with Gasteiger partial charge in [-0.15, -0.1) is 0 Å². The number of aliphatic carboxylic acids is 1. The number of carbonyl (C=O) groups is 2. The van der Waals surface area contributed by atoms with Crippen molar-refractivity contribution in [2.75, 3.05) is 6.61 Å². The molecule has 106 valence electrons. The van der Waals surface area contributed by atoms with Crippen LogP contribution in [0.4, 0.5) is 0 Å². The summed E-state index contributed by atoms with van der Waals surface area (Å²) in [4.78, 5) is 22.3. The Hall–Kier alpha value is -1.06. The van der Waals surface area contributed by atoms with Crippen molar-refractivity contribution in [3.05, 3.63) is 0 Å². The minimum atomic E-state index is -0.962. The number of carboxylic acid groups (broad SMARTS) is 1. The van der Waals surface area contributed by atoms with E-state index in [1.165, 1.54) is 19.8 Å². The lowest BCUT2D eigenvalue weighted by molar-refractivity contribution is -0.156. The van der Waals surface area contributed by atoms with E-state index in [-0.39, 0.29) is 0 Å². The molecule has 1 N–H and O–H groups in total. The number of rotatable bonds is 9. The molecule has 0 bridgehead atoms. The number of hydrogen-bond donors (Lipinski definition) is 1.